The Kier molecular flexibility index (Phi) is 5.98. The van der Waals surface area contributed by atoms with E-state index in [1.807, 2.05) is 0 Å². The Labute approximate surface area is 167 Å². The second kappa shape index (κ2) is 8.26. The number of pyridine rings is 1. The SMILES string of the molecule is C[C@@H](OC(=O)[C@H](C)N1C(=O)[C@H]2CCCC[C@H]2C1=O)C(=O)Nc1cccnc1Cl. The molecule has 2 fully saturated rings. The zero-order chi connectivity index (χ0) is 20.4. The fraction of sp³-hybridized carbons (Fsp3) is 0.526. The molecule has 1 aliphatic heterocycles. The van der Waals surface area contributed by atoms with Gasteiger partial charge in [-0.05, 0) is 38.8 Å². The van der Waals surface area contributed by atoms with Crippen LogP contribution in [0.4, 0.5) is 5.69 Å². The monoisotopic (exact) mass is 407 g/mol. The van der Waals surface area contributed by atoms with Gasteiger partial charge in [-0.3, -0.25) is 19.3 Å². The highest BCUT2D eigenvalue weighted by molar-refractivity contribution is 6.32. The predicted octanol–water partition coefficient (Wildman–Crippen LogP) is 2.17. The van der Waals surface area contributed by atoms with E-state index in [-0.39, 0.29) is 28.8 Å². The van der Waals surface area contributed by atoms with E-state index in [0.29, 0.717) is 18.5 Å². The zero-order valence-electron chi connectivity index (χ0n) is 15.7. The maximum atomic E-state index is 12.6. The number of imide groups is 1. The second-order valence-corrected chi connectivity index (χ2v) is 7.49. The molecule has 1 saturated heterocycles. The van der Waals surface area contributed by atoms with E-state index in [1.165, 1.54) is 20.0 Å². The number of carbonyl (C=O) groups excluding carboxylic acids is 4. The number of fused-ring (bicyclic) bond motifs is 1. The highest BCUT2D eigenvalue weighted by Gasteiger charge is 2.51. The molecule has 3 amide bonds. The first kappa shape index (κ1) is 20.3. The topological polar surface area (TPSA) is 106 Å². The summed E-state index contributed by atoms with van der Waals surface area (Å²) < 4.78 is 5.19. The minimum Gasteiger partial charge on any atom is -0.451 e. The van der Waals surface area contributed by atoms with Crippen LogP contribution < -0.4 is 5.32 Å². The molecule has 3 rings (SSSR count). The molecule has 1 aliphatic carbocycles. The number of halogens is 1. The van der Waals surface area contributed by atoms with Gasteiger partial charge in [0.25, 0.3) is 5.91 Å². The van der Waals surface area contributed by atoms with Crippen LogP contribution in [0.25, 0.3) is 0 Å². The van der Waals surface area contributed by atoms with E-state index >= 15 is 0 Å². The Bertz CT molecular complexity index is 791. The fourth-order valence-corrected chi connectivity index (χ4v) is 3.88. The summed E-state index contributed by atoms with van der Waals surface area (Å²) in [6.07, 6.45) is 3.48. The van der Waals surface area contributed by atoms with Crippen molar-refractivity contribution in [2.45, 2.75) is 51.7 Å². The van der Waals surface area contributed by atoms with Crippen LogP contribution in [0.1, 0.15) is 39.5 Å². The van der Waals surface area contributed by atoms with E-state index in [0.717, 1.165) is 17.7 Å². The van der Waals surface area contributed by atoms with Crippen molar-refractivity contribution in [3.05, 3.63) is 23.5 Å². The molecule has 28 heavy (non-hydrogen) atoms. The van der Waals surface area contributed by atoms with Gasteiger partial charge in [-0.25, -0.2) is 9.78 Å². The van der Waals surface area contributed by atoms with Gasteiger partial charge in [0.05, 0.1) is 17.5 Å². The van der Waals surface area contributed by atoms with Crippen LogP contribution in [-0.4, -0.2) is 45.7 Å². The molecule has 1 aromatic rings. The third-order valence-corrected chi connectivity index (χ3v) is 5.58. The molecule has 0 radical (unpaired) electrons. The Balaban J connectivity index is 1.62. The Morgan fingerprint density at radius 2 is 1.82 bits per heavy atom. The van der Waals surface area contributed by atoms with Gasteiger partial charge in [-0.1, -0.05) is 24.4 Å². The van der Waals surface area contributed by atoms with Crippen LogP contribution in [0.2, 0.25) is 5.15 Å². The van der Waals surface area contributed by atoms with Gasteiger partial charge in [0.2, 0.25) is 11.8 Å². The van der Waals surface area contributed by atoms with Crippen molar-refractivity contribution in [2.75, 3.05) is 5.32 Å². The quantitative estimate of drug-likeness (QED) is 0.455. The van der Waals surface area contributed by atoms with Crippen molar-refractivity contribution in [2.24, 2.45) is 11.8 Å². The summed E-state index contributed by atoms with van der Waals surface area (Å²) in [6, 6.07) is 2.08. The number of likely N-dealkylation sites (tertiary alicyclic amines) is 1. The third-order valence-electron chi connectivity index (χ3n) is 5.28. The Hall–Kier alpha value is -2.48. The maximum absolute atomic E-state index is 12.6. The van der Waals surface area contributed by atoms with Gasteiger partial charge in [-0.2, -0.15) is 0 Å². The van der Waals surface area contributed by atoms with Crippen molar-refractivity contribution in [1.82, 2.24) is 9.88 Å². The van der Waals surface area contributed by atoms with Crippen molar-refractivity contribution in [3.8, 4) is 0 Å². The van der Waals surface area contributed by atoms with Crippen LogP contribution in [0.15, 0.2) is 18.3 Å². The zero-order valence-corrected chi connectivity index (χ0v) is 16.4. The first-order valence-corrected chi connectivity index (χ1v) is 9.68. The van der Waals surface area contributed by atoms with Crippen molar-refractivity contribution in [3.63, 3.8) is 0 Å². The summed E-state index contributed by atoms with van der Waals surface area (Å²) in [5.41, 5.74) is 0.291. The van der Waals surface area contributed by atoms with Gasteiger partial charge in [0, 0.05) is 6.20 Å². The normalized spacial score (nSPS) is 23.8. The molecule has 9 heteroatoms. The van der Waals surface area contributed by atoms with Crippen molar-refractivity contribution in [1.29, 1.82) is 0 Å². The summed E-state index contributed by atoms with van der Waals surface area (Å²) in [7, 11) is 0. The van der Waals surface area contributed by atoms with E-state index in [2.05, 4.69) is 10.3 Å². The molecular weight excluding hydrogens is 386 g/mol. The summed E-state index contributed by atoms with van der Waals surface area (Å²) in [5.74, 6) is -2.73. The first-order chi connectivity index (χ1) is 13.3. The number of nitrogens with zero attached hydrogens (tertiary/aromatic N) is 2. The standard InChI is InChI=1S/C19H22ClN3O5/c1-10(23-17(25)12-6-3-4-7-13(12)18(23)26)19(27)28-11(2)16(24)22-14-8-5-9-21-15(14)20/h5,8-13H,3-4,6-7H2,1-2H3,(H,22,24)/t10-,11+,12-,13+/m0/s1. The lowest BCUT2D eigenvalue weighted by Crippen LogP contribution is -2.46. The summed E-state index contributed by atoms with van der Waals surface area (Å²) in [4.78, 5) is 54.8. The van der Waals surface area contributed by atoms with Crippen LogP contribution in [0.3, 0.4) is 0 Å². The minimum absolute atomic E-state index is 0.110. The van der Waals surface area contributed by atoms with Crippen molar-refractivity contribution < 1.29 is 23.9 Å². The number of ether oxygens (including phenoxy) is 1. The molecule has 0 bridgehead atoms. The molecule has 1 saturated carbocycles. The summed E-state index contributed by atoms with van der Waals surface area (Å²) in [5, 5.41) is 2.63. The number of amides is 3. The van der Waals surface area contributed by atoms with Gasteiger partial charge in [0.15, 0.2) is 11.3 Å². The van der Waals surface area contributed by atoms with E-state index in [9.17, 15) is 19.2 Å². The number of esters is 1. The number of nitrogens with one attached hydrogen (secondary N) is 1. The smallest absolute Gasteiger partial charge is 0.329 e. The number of hydrogen-bond donors (Lipinski definition) is 1. The number of carbonyl (C=O) groups is 4. The van der Waals surface area contributed by atoms with Gasteiger partial charge in [0.1, 0.15) is 6.04 Å². The Morgan fingerprint density at radius 3 is 2.39 bits per heavy atom. The molecule has 0 spiro atoms. The van der Waals surface area contributed by atoms with Crippen LogP contribution in [0.5, 0.6) is 0 Å². The average Bonchev–Trinajstić information content (AvgIpc) is 2.93. The van der Waals surface area contributed by atoms with Gasteiger partial charge < -0.3 is 10.1 Å². The van der Waals surface area contributed by atoms with Crippen LogP contribution >= 0.6 is 11.6 Å². The highest BCUT2D eigenvalue weighted by Crippen LogP contribution is 2.39. The molecule has 1 N–H and O–H groups in total. The number of anilines is 1. The predicted molar refractivity (Wildman–Crippen MR) is 100 cm³/mol. The minimum atomic E-state index is -1.14. The Morgan fingerprint density at radius 1 is 1.21 bits per heavy atom. The van der Waals surface area contributed by atoms with E-state index in [1.54, 1.807) is 12.1 Å². The lowest BCUT2D eigenvalue weighted by atomic mass is 9.81. The number of hydrogen-bond acceptors (Lipinski definition) is 6. The second-order valence-electron chi connectivity index (χ2n) is 7.13. The third kappa shape index (κ3) is 3.87. The highest BCUT2D eigenvalue weighted by atomic mass is 35.5. The lowest BCUT2D eigenvalue weighted by Gasteiger charge is -2.23. The van der Waals surface area contributed by atoms with Gasteiger partial charge >= 0.3 is 5.97 Å². The molecule has 0 aromatic carbocycles. The molecule has 4 atom stereocenters. The molecule has 8 nitrogen and oxygen atoms in total. The summed E-state index contributed by atoms with van der Waals surface area (Å²) >= 11 is 5.89. The molecule has 2 heterocycles. The fourth-order valence-electron chi connectivity index (χ4n) is 3.71. The molecule has 0 unspecified atom stereocenters. The van der Waals surface area contributed by atoms with E-state index < -0.39 is 24.0 Å². The lowest BCUT2D eigenvalue weighted by molar-refractivity contribution is -0.163. The van der Waals surface area contributed by atoms with Gasteiger partial charge in [-0.15, -0.1) is 0 Å². The van der Waals surface area contributed by atoms with Crippen LogP contribution in [0, 0.1) is 11.8 Å². The largest absolute Gasteiger partial charge is 0.451 e. The van der Waals surface area contributed by atoms with E-state index in [4.69, 9.17) is 16.3 Å². The first-order valence-electron chi connectivity index (χ1n) is 9.30. The van der Waals surface area contributed by atoms with Crippen molar-refractivity contribution >= 4 is 41.0 Å². The molecule has 2 aliphatic rings. The summed E-state index contributed by atoms with van der Waals surface area (Å²) in [6.45, 7) is 2.84. The molecule has 1 aromatic heterocycles. The molecule has 150 valence electrons. The molecular formula is C19H22ClN3O5. The van der Waals surface area contributed by atoms with Crippen LogP contribution in [-0.2, 0) is 23.9 Å². The number of rotatable bonds is 5. The average molecular weight is 408 g/mol. The maximum Gasteiger partial charge on any atom is 0.329 e. The number of aromatic nitrogens is 1.